The fraction of sp³-hybridized carbons (Fsp3) is 0.667. The molecule has 0 atom stereocenters. The van der Waals surface area contributed by atoms with Crippen LogP contribution in [0.1, 0.15) is 41.0 Å². The largest absolute Gasteiger partial charge is 0.361 e. The van der Waals surface area contributed by atoms with Gasteiger partial charge >= 0.3 is 0 Å². The molecular formula is C15H22O2. The Labute approximate surface area is 105 Å². The molecular weight excluding hydrogens is 212 g/mol. The molecule has 0 rings (SSSR count). The fourth-order valence-electron chi connectivity index (χ4n) is 0.803. The van der Waals surface area contributed by atoms with Crippen molar-refractivity contribution < 1.29 is 9.53 Å². The highest BCUT2D eigenvalue weighted by atomic mass is 16.5. The van der Waals surface area contributed by atoms with Crippen molar-refractivity contribution in [2.45, 2.75) is 41.0 Å². The monoisotopic (exact) mass is 234 g/mol. The van der Waals surface area contributed by atoms with Crippen LogP contribution >= 0.6 is 0 Å². The zero-order valence-electron chi connectivity index (χ0n) is 11.5. The highest BCUT2D eigenvalue weighted by Gasteiger charge is 2.06. The summed E-state index contributed by atoms with van der Waals surface area (Å²) in [7, 11) is 0. The lowest BCUT2D eigenvalue weighted by Crippen LogP contribution is -2.14. The van der Waals surface area contributed by atoms with E-state index < -0.39 is 0 Å². The highest BCUT2D eigenvalue weighted by molar-refractivity contribution is 5.81. The summed E-state index contributed by atoms with van der Waals surface area (Å²) in [5.74, 6) is 11.4. The van der Waals surface area contributed by atoms with E-state index in [1.165, 1.54) is 0 Å². The lowest BCUT2D eigenvalue weighted by molar-refractivity contribution is -0.126. The van der Waals surface area contributed by atoms with E-state index in [1.54, 1.807) is 0 Å². The van der Waals surface area contributed by atoms with Gasteiger partial charge in [0.1, 0.15) is 13.2 Å². The number of ether oxygens (including phenoxy) is 1. The maximum absolute atomic E-state index is 11.2. The van der Waals surface area contributed by atoms with E-state index in [0.717, 1.165) is 6.42 Å². The van der Waals surface area contributed by atoms with Gasteiger partial charge in [0.05, 0.1) is 0 Å². The van der Waals surface area contributed by atoms with Gasteiger partial charge in [-0.3, -0.25) is 4.79 Å². The highest BCUT2D eigenvalue weighted by Crippen LogP contribution is 2.16. The van der Waals surface area contributed by atoms with Crippen LogP contribution in [0.25, 0.3) is 0 Å². The van der Waals surface area contributed by atoms with Crippen LogP contribution < -0.4 is 0 Å². The third-order valence-corrected chi connectivity index (χ3v) is 1.92. The summed E-state index contributed by atoms with van der Waals surface area (Å²) in [6, 6.07) is 0. The summed E-state index contributed by atoms with van der Waals surface area (Å²) in [6.45, 7) is 10.5. The Balaban J connectivity index is 3.73. The Kier molecular flexibility index (Phi) is 7.35. The Morgan fingerprint density at radius 2 is 1.76 bits per heavy atom. The number of carbonyl (C=O) groups is 1. The number of hydrogen-bond donors (Lipinski definition) is 0. The van der Waals surface area contributed by atoms with E-state index in [1.807, 2.05) is 13.8 Å². The Morgan fingerprint density at radius 1 is 1.18 bits per heavy atom. The van der Waals surface area contributed by atoms with E-state index >= 15 is 0 Å². The SMILES string of the molecule is CC(C)C(=O)COCC#CC#CCC(C)(C)C. The molecule has 0 aliphatic heterocycles. The third kappa shape index (κ3) is 11.0. The second kappa shape index (κ2) is 7.93. The molecule has 0 aromatic heterocycles. The first-order chi connectivity index (χ1) is 7.83. The number of carbonyl (C=O) groups excluding carboxylic acids is 1. The molecule has 0 fully saturated rings. The van der Waals surface area contributed by atoms with Gasteiger partial charge in [-0.1, -0.05) is 46.5 Å². The zero-order valence-corrected chi connectivity index (χ0v) is 11.5. The third-order valence-electron chi connectivity index (χ3n) is 1.92. The van der Waals surface area contributed by atoms with Crippen LogP contribution in [-0.2, 0) is 9.53 Å². The van der Waals surface area contributed by atoms with Gasteiger partial charge in [0, 0.05) is 12.3 Å². The molecule has 17 heavy (non-hydrogen) atoms. The Hall–Kier alpha value is -1.25. The molecule has 94 valence electrons. The van der Waals surface area contributed by atoms with Gasteiger partial charge in [-0.25, -0.2) is 0 Å². The van der Waals surface area contributed by atoms with Crippen LogP contribution in [0.15, 0.2) is 0 Å². The first kappa shape index (κ1) is 15.8. The number of Topliss-reactive ketones (excluding diaryl/α,β-unsaturated/α-hetero) is 1. The molecule has 0 spiro atoms. The van der Waals surface area contributed by atoms with Crippen molar-refractivity contribution >= 4 is 5.78 Å². The summed E-state index contributed by atoms with van der Waals surface area (Å²) in [5.41, 5.74) is 0.217. The molecule has 0 saturated heterocycles. The second-order valence-corrected chi connectivity index (χ2v) is 5.45. The van der Waals surface area contributed by atoms with Crippen LogP contribution in [0.5, 0.6) is 0 Å². The van der Waals surface area contributed by atoms with Gasteiger partial charge in [-0.15, -0.1) is 0 Å². The fourth-order valence-corrected chi connectivity index (χ4v) is 0.803. The topological polar surface area (TPSA) is 26.3 Å². The summed E-state index contributed by atoms with van der Waals surface area (Å²) >= 11 is 0. The minimum absolute atomic E-state index is 0.0227. The van der Waals surface area contributed by atoms with Gasteiger partial charge in [-0.05, 0) is 17.3 Å². The molecule has 0 bridgehead atoms. The summed E-state index contributed by atoms with van der Waals surface area (Å²) < 4.78 is 5.11. The molecule has 0 amide bonds. The molecule has 2 heteroatoms. The standard InChI is InChI=1S/C15H22O2/c1-13(2)14(16)12-17-11-9-7-6-8-10-15(3,4)5/h13H,10-12H2,1-5H3. The molecule has 2 nitrogen and oxygen atoms in total. The number of ketones is 1. The van der Waals surface area contributed by atoms with Gasteiger partial charge in [0.15, 0.2) is 5.78 Å². The average Bonchev–Trinajstić information content (AvgIpc) is 2.19. The minimum atomic E-state index is 0.0227. The lowest BCUT2D eigenvalue weighted by atomic mass is 9.93. The molecule has 0 aromatic carbocycles. The number of rotatable bonds is 4. The minimum Gasteiger partial charge on any atom is -0.361 e. The second-order valence-electron chi connectivity index (χ2n) is 5.45. The van der Waals surface area contributed by atoms with Crippen LogP contribution in [-0.4, -0.2) is 19.0 Å². The predicted octanol–water partition coefficient (Wildman–Crippen LogP) is 2.67. The summed E-state index contributed by atoms with van der Waals surface area (Å²) in [6.07, 6.45) is 0.828. The van der Waals surface area contributed by atoms with Crippen LogP contribution in [0.2, 0.25) is 0 Å². The van der Waals surface area contributed by atoms with Crippen molar-refractivity contribution in [2.24, 2.45) is 11.3 Å². The average molecular weight is 234 g/mol. The van der Waals surface area contributed by atoms with E-state index in [9.17, 15) is 4.79 Å². The molecule has 0 heterocycles. The zero-order chi connectivity index (χ0) is 13.3. The molecule has 0 aliphatic rings. The first-order valence-electron chi connectivity index (χ1n) is 5.89. The molecule has 0 radical (unpaired) electrons. The van der Waals surface area contributed by atoms with Crippen molar-refractivity contribution in [3.63, 3.8) is 0 Å². The molecule has 0 unspecified atom stereocenters. The maximum atomic E-state index is 11.2. The van der Waals surface area contributed by atoms with Crippen molar-refractivity contribution in [2.75, 3.05) is 13.2 Å². The van der Waals surface area contributed by atoms with Crippen molar-refractivity contribution in [3.05, 3.63) is 0 Å². The molecule has 0 aliphatic carbocycles. The van der Waals surface area contributed by atoms with Crippen LogP contribution in [0.3, 0.4) is 0 Å². The van der Waals surface area contributed by atoms with Crippen LogP contribution in [0.4, 0.5) is 0 Å². The van der Waals surface area contributed by atoms with Crippen molar-refractivity contribution in [1.82, 2.24) is 0 Å². The van der Waals surface area contributed by atoms with Crippen LogP contribution in [0, 0.1) is 35.0 Å². The number of hydrogen-bond acceptors (Lipinski definition) is 2. The van der Waals surface area contributed by atoms with Gasteiger partial charge in [0.25, 0.3) is 0 Å². The van der Waals surface area contributed by atoms with E-state index in [4.69, 9.17) is 4.74 Å². The maximum Gasteiger partial charge on any atom is 0.161 e. The molecule has 0 aromatic rings. The molecule has 0 saturated carbocycles. The van der Waals surface area contributed by atoms with Crippen molar-refractivity contribution in [1.29, 1.82) is 0 Å². The normalized spacial score (nSPS) is 10.2. The lowest BCUT2D eigenvalue weighted by Gasteiger charge is -2.12. The van der Waals surface area contributed by atoms with E-state index in [2.05, 4.69) is 44.5 Å². The van der Waals surface area contributed by atoms with Gasteiger partial charge in [0.2, 0.25) is 0 Å². The van der Waals surface area contributed by atoms with Gasteiger partial charge < -0.3 is 4.74 Å². The van der Waals surface area contributed by atoms with Crippen molar-refractivity contribution in [3.8, 4) is 23.7 Å². The Morgan fingerprint density at radius 3 is 2.29 bits per heavy atom. The Bertz CT molecular complexity index is 350. The first-order valence-corrected chi connectivity index (χ1v) is 5.89. The molecule has 0 N–H and O–H groups in total. The van der Waals surface area contributed by atoms with E-state index in [-0.39, 0.29) is 30.3 Å². The van der Waals surface area contributed by atoms with Gasteiger partial charge in [-0.2, -0.15) is 0 Å². The summed E-state index contributed by atoms with van der Waals surface area (Å²) in [5, 5.41) is 0. The van der Waals surface area contributed by atoms with E-state index in [0.29, 0.717) is 0 Å². The quantitative estimate of drug-likeness (QED) is 0.552. The summed E-state index contributed by atoms with van der Waals surface area (Å²) in [4.78, 5) is 11.2. The smallest absolute Gasteiger partial charge is 0.161 e. The predicted molar refractivity (Wildman–Crippen MR) is 70.3 cm³/mol.